The summed E-state index contributed by atoms with van der Waals surface area (Å²) in [6.07, 6.45) is -5.83. The molecular weight excluding hydrogens is 556 g/mol. The second kappa shape index (κ2) is 11.6. The summed E-state index contributed by atoms with van der Waals surface area (Å²) < 4.78 is 61.8. The number of carbonyl (C=O) groups is 1. The molecule has 2 atom stereocenters. The molecule has 3 aromatic carbocycles. The number of rotatable bonds is 6. The molecule has 42 heavy (non-hydrogen) atoms. The first-order valence-corrected chi connectivity index (χ1v) is 13.0. The number of nitrogen functional groups attached to an aromatic ring is 1. The highest BCUT2D eigenvalue weighted by atomic mass is 19.4. The van der Waals surface area contributed by atoms with E-state index in [4.69, 9.17) is 10.5 Å². The van der Waals surface area contributed by atoms with Gasteiger partial charge in [0.15, 0.2) is 11.6 Å². The number of ether oxygens (including phenoxy) is 2. The molecule has 0 saturated carbocycles. The predicted molar refractivity (Wildman–Crippen MR) is 146 cm³/mol. The third-order valence-electron chi connectivity index (χ3n) is 7.10. The Bertz CT molecular complexity index is 1650. The standard InChI is InChI=1S/C30H26F4N4O4/c1-18(19-8-4-2-5-9-19)26(20-10-6-3-7-11-20)38-27(39)22-14-15-37(17-24(22)36-28(38)35)29(40)41-25-13-12-21(16-23(25)31)42-30(32,33)34/h2-13,16,18,26H,14-15,17H2,1H3,(H2,35,36). The number of nitrogens with zero attached hydrogens (tertiary/aromatic N) is 3. The molecule has 0 bridgehead atoms. The van der Waals surface area contributed by atoms with Gasteiger partial charge in [0, 0.05) is 24.1 Å². The van der Waals surface area contributed by atoms with E-state index in [-0.39, 0.29) is 42.6 Å². The minimum atomic E-state index is -5.00. The highest BCUT2D eigenvalue weighted by Crippen LogP contribution is 2.35. The average Bonchev–Trinajstić information content (AvgIpc) is 2.96. The smallest absolute Gasteiger partial charge is 0.407 e. The van der Waals surface area contributed by atoms with Crippen LogP contribution in [0, 0.1) is 5.82 Å². The summed E-state index contributed by atoms with van der Waals surface area (Å²) in [7, 11) is 0. The zero-order valence-corrected chi connectivity index (χ0v) is 22.3. The zero-order chi connectivity index (χ0) is 30.0. The number of fused-ring (bicyclic) bond motifs is 1. The van der Waals surface area contributed by atoms with E-state index in [1.54, 1.807) is 0 Å². The van der Waals surface area contributed by atoms with Crippen molar-refractivity contribution >= 4 is 12.0 Å². The lowest BCUT2D eigenvalue weighted by Crippen LogP contribution is -2.43. The number of alkyl halides is 3. The largest absolute Gasteiger partial charge is 0.573 e. The monoisotopic (exact) mass is 582 g/mol. The normalized spacial score (nSPS) is 14.5. The molecule has 0 spiro atoms. The van der Waals surface area contributed by atoms with E-state index in [0.29, 0.717) is 11.6 Å². The van der Waals surface area contributed by atoms with Crippen LogP contribution >= 0.6 is 0 Å². The van der Waals surface area contributed by atoms with Crippen LogP contribution in [0.5, 0.6) is 11.5 Å². The molecule has 1 aliphatic heterocycles. The van der Waals surface area contributed by atoms with Crippen LogP contribution in [0.1, 0.15) is 41.3 Å². The predicted octanol–water partition coefficient (Wildman–Crippen LogP) is 5.81. The minimum absolute atomic E-state index is 0.0306. The van der Waals surface area contributed by atoms with Gasteiger partial charge in [-0.3, -0.25) is 9.36 Å². The minimum Gasteiger partial charge on any atom is -0.407 e. The van der Waals surface area contributed by atoms with Gasteiger partial charge in [0.1, 0.15) is 5.75 Å². The van der Waals surface area contributed by atoms with Crippen molar-refractivity contribution in [1.82, 2.24) is 14.5 Å². The maximum atomic E-state index is 14.3. The van der Waals surface area contributed by atoms with Gasteiger partial charge in [-0.25, -0.2) is 14.2 Å². The van der Waals surface area contributed by atoms with E-state index in [1.807, 2.05) is 67.6 Å². The van der Waals surface area contributed by atoms with Crippen LogP contribution in [0.25, 0.3) is 0 Å². The molecule has 5 rings (SSSR count). The van der Waals surface area contributed by atoms with Gasteiger partial charge in [0.25, 0.3) is 5.56 Å². The molecule has 0 saturated heterocycles. The summed E-state index contributed by atoms with van der Waals surface area (Å²) in [4.78, 5) is 32.4. The fourth-order valence-corrected chi connectivity index (χ4v) is 5.12. The first-order valence-electron chi connectivity index (χ1n) is 13.0. The topological polar surface area (TPSA) is 99.7 Å². The van der Waals surface area contributed by atoms with Crippen molar-refractivity contribution in [3.8, 4) is 11.5 Å². The van der Waals surface area contributed by atoms with E-state index in [0.717, 1.165) is 23.3 Å². The van der Waals surface area contributed by atoms with Crippen LogP contribution in [0.3, 0.4) is 0 Å². The van der Waals surface area contributed by atoms with Gasteiger partial charge >= 0.3 is 12.5 Å². The molecule has 1 amide bonds. The number of benzene rings is 3. The van der Waals surface area contributed by atoms with Gasteiger partial charge in [-0.15, -0.1) is 13.2 Å². The quantitative estimate of drug-likeness (QED) is 0.288. The second-order valence-electron chi connectivity index (χ2n) is 9.80. The van der Waals surface area contributed by atoms with Crippen molar-refractivity contribution in [3.63, 3.8) is 0 Å². The fraction of sp³-hybridized carbons (Fsp3) is 0.233. The van der Waals surface area contributed by atoms with Crippen LogP contribution in [0.4, 0.5) is 28.3 Å². The Morgan fingerprint density at radius 1 is 1.00 bits per heavy atom. The summed E-state index contributed by atoms with van der Waals surface area (Å²) in [5.74, 6) is -2.77. The van der Waals surface area contributed by atoms with E-state index < -0.39 is 35.8 Å². The van der Waals surface area contributed by atoms with Crippen LogP contribution in [0.2, 0.25) is 0 Å². The molecule has 2 heterocycles. The van der Waals surface area contributed by atoms with Gasteiger partial charge in [-0.2, -0.15) is 0 Å². The Balaban J connectivity index is 1.41. The molecule has 0 aliphatic carbocycles. The highest BCUT2D eigenvalue weighted by molar-refractivity contribution is 5.71. The molecular formula is C30H26F4N4O4. The van der Waals surface area contributed by atoms with Crippen molar-refractivity contribution in [2.75, 3.05) is 12.3 Å². The Kier molecular flexibility index (Phi) is 7.88. The number of anilines is 1. The summed E-state index contributed by atoms with van der Waals surface area (Å²) in [6, 6.07) is 20.9. The summed E-state index contributed by atoms with van der Waals surface area (Å²) in [5.41, 5.74) is 8.64. The number of halogens is 4. The fourth-order valence-electron chi connectivity index (χ4n) is 5.12. The van der Waals surface area contributed by atoms with E-state index in [2.05, 4.69) is 9.72 Å². The van der Waals surface area contributed by atoms with Gasteiger partial charge < -0.3 is 20.1 Å². The summed E-state index contributed by atoms with van der Waals surface area (Å²) >= 11 is 0. The second-order valence-corrected chi connectivity index (χ2v) is 9.80. The first-order chi connectivity index (χ1) is 20.0. The summed E-state index contributed by atoms with van der Waals surface area (Å²) in [6.45, 7) is 1.94. The molecule has 1 aliphatic rings. The SMILES string of the molecule is CC(c1ccccc1)C(c1ccccc1)n1c(N)nc2c(c1=O)CCN(C(=O)Oc1ccc(OC(F)(F)F)cc1F)C2. The molecule has 1 aromatic heterocycles. The molecule has 2 unspecified atom stereocenters. The first kappa shape index (κ1) is 28.7. The number of amides is 1. The zero-order valence-electron chi connectivity index (χ0n) is 22.3. The third-order valence-corrected chi connectivity index (χ3v) is 7.10. The van der Waals surface area contributed by atoms with Crippen molar-refractivity contribution < 1.29 is 31.8 Å². The van der Waals surface area contributed by atoms with Gasteiger partial charge in [-0.1, -0.05) is 67.6 Å². The van der Waals surface area contributed by atoms with Crippen LogP contribution < -0.4 is 20.8 Å². The third kappa shape index (κ3) is 6.07. The molecule has 0 radical (unpaired) electrons. The molecule has 8 nitrogen and oxygen atoms in total. The van der Waals surface area contributed by atoms with Crippen molar-refractivity contribution in [2.24, 2.45) is 0 Å². The van der Waals surface area contributed by atoms with Gasteiger partial charge in [-0.05, 0) is 29.7 Å². The van der Waals surface area contributed by atoms with Crippen LogP contribution in [-0.4, -0.2) is 33.5 Å². The Hall–Kier alpha value is -4.87. The van der Waals surface area contributed by atoms with Crippen LogP contribution in [0.15, 0.2) is 83.7 Å². The van der Waals surface area contributed by atoms with E-state index in [9.17, 15) is 27.2 Å². The molecule has 12 heteroatoms. The number of hydrogen-bond donors (Lipinski definition) is 1. The molecule has 0 fully saturated rings. The van der Waals surface area contributed by atoms with Crippen molar-refractivity contribution in [3.05, 3.63) is 117 Å². The van der Waals surface area contributed by atoms with Gasteiger partial charge in [0.05, 0.1) is 18.3 Å². The lowest BCUT2D eigenvalue weighted by Gasteiger charge is -2.31. The highest BCUT2D eigenvalue weighted by Gasteiger charge is 2.33. The maximum Gasteiger partial charge on any atom is 0.573 e. The molecule has 2 N–H and O–H groups in total. The summed E-state index contributed by atoms with van der Waals surface area (Å²) in [5, 5.41) is 0. The number of hydrogen-bond acceptors (Lipinski definition) is 6. The average molecular weight is 583 g/mol. The van der Waals surface area contributed by atoms with Crippen LogP contribution in [-0.2, 0) is 13.0 Å². The Labute approximate surface area is 237 Å². The Morgan fingerprint density at radius 3 is 2.26 bits per heavy atom. The van der Waals surface area contributed by atoms with E-state index >= 15 is 0 Å². The lowest BCUT2D eigenvalue weighted by atomic mass is 9.88. The number of carbonyl (C=O) groups excluding carboxylic acids is 1. The maximum absolute atomic E-state index is 14.3. The lowest BCUT2D eigenvalue weighted by molar-refractivity contribution is -0.274. The number of nitrogens with two attached hydrogens (primary N) is 1. The van der Waals surface area contributed by atoms with E-state index in [1.165, 1.54) is 9.47 Å². The Morgan fingerprint density at radius 2 is 1.64 bits per heavy atom. The number of aromatic nitrogens is 2. The van der Waals surface area contributed by atoms with Gasteiger partial charge in [0.2, 0.25) is 5.95 Å². The molecule has 4 aromatic rings. The molecule has 218 valence electrons. The van der Waals surface area contributed by atoms with Crippen molar-refractivity contribution in [1.29, 1.82) is 0 Å². The van der Waals surface area contributed by atoms with Crippen molar-refractivity contribution in [2.45, 2.75) is 38.2 Å².